The molecular weight excluding hydrogens is 230 g/mol. The summed E-state index contributed by atoms with van der Waals surface area (Å²) in [5.41, 5.74) is 1.49. The van der Waals surface area contributed by atoms with E-state index < -0.39 is 0 Å². The van der Waals surface area contributed by atoms with E-state index in [4.69, 9.17) is 0 Å². The van der Waals surface area contributed by atoms with E-state index in [2.05, 4.69) is 63.3 Å². The molecule has 0 bridgehead atoms. The second-order valence-electron chi connectivity index (χ2n) is 6.48. The summed E-state index contributed by atoms with van der Waals surface area (Å²) in [5.74, 6) is 2.21. The Labute approximate surface area is 119 Å². The molecule has 0 saturated carbocycles. The van der Waals surface area contributed by atoms with Crippen LogP contribution in [-0.4, -0.2) is 13.1 Å². The summed E-state index contributed by atoms with van der Waals surface area (Å²) < 4.78 is 0. The Morgan fingerprint density at radius 1 is 0.842 bits per heavy atom. The summed E-state index contributed by atoms with van der Waals surface area (Å²) in [6, 6.07) is 11.0. The zero-order chi connectivity index (χ0) is 14.1. The van der Waals surface area contributed by atoms with Gasteiger partial charge in [-0.3, -0.25) is 0 Å². The maximum Gasteiger partial charge on any atom is 0.00202 e. The van der Waals surface area contributed by atoms with E-state index in [0.717, 1.165) is 24.9 Å². The Bertz CT molecular complexity index is 302. The molecule has 1 aromatic rings. The van der Waals surface area contributed by atoms with Gasteiger partial charge in [-0.25, -0.2) is 0 Å². The Morgan fingerprint density at radius 2 is 1.53 bits per heavy atom. The van der Waals surface area contributed by atoms with Gasteiger partial charge in [0.25, 0.3) is 0 Å². The Kier molecular flexibility index (Phi) is 7.81. The van der Waals surface area contributed by atoms with Gasteiger partial charge in [-0.05, 0) is 36.3 Å². The lowest BCUT2D eigenvalue weighted by atomic mass is 9.92. The Morgan fingerprint density at radius 3 is 2.11 bits per heavy atom. The molecule has 1 nitrogen and oxygen atoms in total. The predicted molar refractivity (Wildman–Crippen MR) is 85.6 cm³/mol. The van der Waals surface area contributed by atoms with Gasteiger partial charge >= 0.3 is 0 Å². The van der Waals surface area contributed by atoms with Gasteiger partial charge in [-0.15, -0.1) is 0 Å². The van der Waals surface area contributed by atoms with Gasteiger partial charge in [0.2, 0.25) is 0 Å². The summed E-state index contributed by atoms with van der Waals surface area (Å²) >= 11 is 0. The minimum atomic E-state index is 0.665. The standard InChI is InChI=1S/C18H31N/c1-15(2)9-8-12-18(14-19-13-16(3)4)17-10-6-5-7-11-17/h5-7,10-11,15-16,18-19H,8-9,12-14H2,1-4H3. The molecule has 0 fully saturated rings. The molecule has 0 amide bonds. The van der Waals surface area contributed by atoms with Gasteiger partial charge in [0.05, 0.1) is 0 Å². The van der Waals surface area contributed by atoms with Crippen molar-refractivity contribution in [2.24, 2.45) is 11.8 Å². The van der Waals surface area contributed by atoms with Crippen LogP contribution >= 0.6 is 0 Å². The molecule has 0 radical (unpaired) electrons. The largest absolute Gasteiger partial charge is 0.316 e. The van der Waals surface area contributed by atoms with Crippen LogP contribution in [-0.2, 0) is 0 Å². The van der Waals surface area contributed by atoms with Crippen LogP contribution in [0.4, 0.5) is 0 Å². The fourth-order valence-corrected chi connectivity index (χ4v) is 2.43. The van der Waals surface area contributed by atoms with E-state index in [9.17, 15) is 0 Å². The third-order valence-electron chi connectivity index (χ3n) is 3.55. The number of benzene rings is 1. The quantitative estimate of drug-likeness (QED) is 0.670. The van der Waals surface area contributed by atoms with Crippen molar-refractivity contribution >= 4 is 0 Å². The van der Waals surface area contributed by atoms with E-state index in [0.29, 0.717) is 5.92 Å². The van der Waals surface area contributed by atoms with Gasteiger partial charge < -0.3 is 5.32 Å². The van der Waals surface area contributed by atoms with Gasteiger partial charge in [-0.1, -0.05) is 70.9 Å². The summed E-state index contributed by atoms with van der Waals surface area (Å²) in [4.78, 5) is 0. The van der Waals surface area contributed by atoms with Crippen molar-refractivity contribution in [1.29, 1.82) is 0 Å². The van der Waals surface area contributed by atoms with E-state index in [1.807, 2.05) is 0 Å². The van der Waals surface area contributed by atoms with E-state index in [-0.39, 0.29) is 0 Å². The molecule has 108 valence electrons. The number of nitrogens with one attached hydrogen (secondary N) is 1. The highest BCUT2D eigenvalue weighted by atomic mass is 14.9. The minimum absolute atomic E-state index is 0.665. The average Bonchev–Trinajstić information content (AvgIpc) is 2.37. The predicted octanol–water partition coefficient (Wildman–Crippen LogP) is 4.84. The molecule has 0 aliphatic heterocycles. The minimum Gasteiger partial charge on any atom is -0.316 e. The van der Waals surface area contributed by atoms with Crippen molar-refractivity contribution in [1.82, 2.24) is 5.32 Å². The number of rotatable bonds is 9. The maximum atomic E-state index is 3.62. The number of hydrogen-bond acceptors (Lipinski definition) is 1. The van der Waals surface area contributed by atoms with Gasteiger partial charge in [-0.2, -0.15) is 0 Å². The van der Waals surface area contributed by atoms with Crippen LogP contribution in [0.2, 0.25) is 0 Å². The Hall–Kier alpha value is -0.820. The SMILES string of the molecule is CC(C)CCCC(CNCC(C)C)c1ccccc1. The van der Waals surface area contributed by atoms with E-state index in [1.165, 1.54) is 24.8 Å². The van der Waals surface area contributed by atoms with Crippen molar-refractivity contribution in [2.45, 2.75) is 52.9 Å². The monoisotopic (exact) mass is 261 g/mol. The molecule has 0 heterocycles. The molecule has 0 aromatic heterocycles. The van der Waals surface area contributed by atoms with Crippen molar-refractivity contribution in [3.63, 3.8) is 0 Å². The highest BCUT2D eigenvalue weighted by Gasteiger charge is 2.11. The summed E-state index contributed by atoms with van der Waals surface area (Å²) in [7, 11) is 0. The van der Waals surface area contributed by atoms with Crippen molar-refractivity contribution in [3.05, 3.63) is 35.9 Å². The highest BCUT2D eigenvalue weighted by Crippen LogP contribution is 2.22. The zero-order valence-corrected chi connectivity index (χ0v) is 13.2. The lowest BCUT2D eigenvalue weighted by Gasteiger charge is -2.19. The lowest BCUT2D eigenvalue weighted by Crippen LogP contribution is -2.25. The molecule has 1 heteroatoms. The summed E-state index contributed by atoms with van der Waals surface area (Å²) in [5, 5.41) is 3.62. The Balaban J connectivity index is 2.48. The van der Waals surface area contributed by atoms with Crippen LogP contribution in [0.25, 0.3) is 0 Å². The molecule has 1 atom stereocenters. The molecule has 1 N–H and O–H groups in total. The number of hydrogen-bond donors (Lipinski definition) is 1. The van der Waals surface area contributed by atoms with Crippen molar-refractivity contribution < 1.29 is 0 Å². The smallest absolute Gasteiger partial charge is 0.00202 e. The first-order valence-electron chi connectivity index (χ1n) is 7.85. The zero-order valence-electron chi connectivity index (χ0n) is 13.2. The first-order valence-corrected chi connectivity index (χ1v) is 7.85. The van der Waals surface area contributed by atoms with Crippen LogP contribution in [0.3, 0.4) is 0 Å². The topological polar surface area (TPSA) is 12.0 Å². The molecule has 0 aliphatic rings. The van der Waals surface area contributed by atoms with E-state index in [1.54, 1.807) is 0 Å². The first-order chi connectivity index (χ1) is 9.09. The second kappa shape index (κ2) is 9.14. The van der Waals surface area contributed by atoms with Crippen molar-refractivity contribution in [3.8, 4) is 0 Å². The average molecular weight is 261 g/mol. The molecule has 0 aliphatic carbocycles. The summed E-state index contributed by atoms with van der Waals surface area (Å²) in [6.07, 6.45) is 3.97. The van der Waals surface area contributed by atoms with Gasteiger partial charge in [0, 0.05) is 6.54 Å². The molecule has 0 saturated heterocycles. The van der Waals surface area contributed by atoms with Crippen LogP contribution in [0, 0.1) is 11.8 Å². The van der Waals surface area contributed by atoms with Crippen molar-refractivity contribution in [2.75, 3.05) is 13.1 Å². The highest BCUT2D eigenvalue weighted by molar-refractivity contribution is 5.19. The molecular formula is C18H31N. The fourth-order valence-electron chi connectivity index (χ4n) is 2.43. The molecule has 1 rings (SSSR count). The van der Waals surface area contributed by atoms with Crippen LogP contribution in [0.1, 0.15) is 58.4 Å². The summed E-state index contributed by atoms with van der Waals surface area (Å²) in [6.45, 7) is 11.4. The lowest BCUT2D eigenvalue weighted by molar-refractivity contribution is 0.463. The molecule has 1 unspecified atom stereocenters. The van der Waals surface area contributed by atoms with Gasteiger partial charge in [0.1, 0.15) is 0 Å². The molecule has 19 heavy (non-hydrogen) atoms. The van der Waals surface area contributed by atoms with Crippen LogP contribution in [0.5, 0.6) is 0 Å². The third-order valence-corrected chi connectivity index (χ3v) is 3.55. The van der Waals surface area contributed by atoms with Crippen LogP contribution in [0.15, 0.2) is 30.3 Å². The molecule has 1 aromatic carbocycles. The fraction of sp³-hybridized carbons (Fsp3) is 0.667. The normalized spacial score (nSPS) is 13.2. The second-order valence-corrected chi connectivity index (χ2v) is 6.48. The van der Waals surface area contributed by atoms with Crippen LogP contribution < -0.4 is 5.32 Å². The third kappa shape index (κ3) is 7.37. The van der Waals surface area contributed by atoms with Gasteiger partial charge in [0.15, 0.2) is 0 Å². The maximum absolute atomic E-state index is 3.62. The molecule has 0 spiro atoms. The first kappa shape index (κ1) is 16.2. The van der Waals surface area contributed by atoms with E-state index >= 15 is 0 Å².